The van der Waals surface area contributed by atoms with Crippen LogP contribution in [0.25, 0.3) is 0 Å². The van der Waals surface area contributed by atoms with Crippen molar-refractivity contribution in [2.24, 2.45) is 5.92 Å². The van der Waals surface area contributed by atoms with Gasteiger partial charge in [-0.15, -0.1) is 0 Å². The van der Waals surface area contributed by atoms with Crippen molar-refractivity contribution < 1.29 is 14.3 Å². The number of halogens is 1. The van der Waals surface area contributed by atoms with Crippen LogP contribution in [0.5, 0.6) is 0 Å². The van der Waals surface area contributed by atoms with Gasteiger partial charge >= 0.3 is 0 Å². The summed E-state index contributed by atoms with van der Waals surface area (Å²) in [7, 11) is 0. The van der Waals surface area contributed by atoms with Gasteiger partial charge in [0.25, 0.3) is 5.91 Å². The number of anilines is 2. The summed E-state index contributed by atoms with van der Waals surface area (Å²) < 4.78 is 14.5. The molecule has 2 saturated heterocycles. The number of amides is 1. The third kappa shape index (κ3) is 5.68. The highest BCUT2D eigenvalue weighted by Gasteiger charge is 2.32. The second-order valence-corrected chi connectivity index (χ2v) is 11.1. The van der Waals surface area contributed by atoms with Gasteiger partial charge < -0.3 is 19.8 Å². The maximum Gasteiger partial charge on any atom is 0.254 e. The van der Waals surface area contributed by atoms with Crippen LogP contribution in [0.2, 0.25) is 0 Å². The second kappa shape index (κ2) is 12.1. The van der Waals surface area contributed by atoms with E-state index in [0.717, 1.165) is 49.2 Å². The van der Waals surface area contributed by atoms with E-state index in [1.165, 1.54) is 17.2 Å². The van der Waals surface area contributed by atoms with Crippen molar-refractivity contribution in [1.82, 2.24) is 4.90 Å². The summed E-state index contributed by atoms with van der Waals surface area (Å²) >= 11 is 0. The largest absolute Gasteiger partial charge is 0.394 e. The number of aliphatic hydroxyl groups is 1. The molecule has 0 saturated carbocycles. The molecule has 3 aromatic carbocycles. The Kier molecular flexibility index (Phi) is 8.37. The first-order valence-electron chi connectivity index (χ1n) is 14.1. The van der Waals surface area contributed by atoms with Crippen molar-refractivity contribution in [3.8, 4) is 6.07 Å². The van der Waals surface area contributed by atoms with E-state index in [1.54, 1.807) is 23.1 Å². The van der Waals surface area contributed by atoms with Gasteiger partial charge in [-0.3, -0.25) is 4.79 Å². The summed E-state index contributed by atoms with van der Waals surface area (Å²) in [5.41, 5.74) is 6.25. The lowest BCUT2D eigenvalue weighted by Gasteiger charge is -2.42. The quantitative estimate of drug-likeness (QED) is 0.471. The van der Waals surface area contributed by atoms with E-state index in [-0.39, 0.29) is 24.4 Å². The molecule has 0 spiro atoms. The van der Waals surface area contributed by atoms with Crippen LogP contribution < -0.4 is 9.80 Å². The zero-order chi connectivity index (χ0) is 28.2. The van der Waals surface area contributed by atoms with Crippen LogP contribution >= 0.6 is 0 Å². The Morgan fingerprint density at radius 3 is 2.38 bits per heavy atom. The zero-order valence-corrected chi connectivity index (χ0v) is 23.3. The molecule has 0 radical (unpaired) electrons. The minimum Gasteiger partial charge on any atom is -0.394 e. The van der Waals surface area contributed by atoms with Gasteiger partial charge in [0.15, 0.2) is 0 Å². The average molecular weight is 541 g/mol. The van der Waals surface area contributed by atoms with Crippen molar-refractivity contribution >= 4 is 17.3 Å². The molecule has 208 valence electrons. The molecule has 3 aromatic rings. The average Bonchev–Trinajstić information content (AvgIpc) is 2.98. The number of carbonyl (C=O) groups excluding carboxylic acids is 1. The van der Waals surface area contributed by atoms with Crippen molar-refractivity contribution in [3.63, 3.8) is 0 Å². The predicted molar refractivity (Wildman–Crippen MR) is 156 cm³/mol. The van der Waals surface area contributed by atoms with Crippen molar-refractivity contribution in [2.45, 2.75) is 39.2 Å². The first-order valence-corrected chi connectivity index (χ1v) is 14.1. The third-order valence-corrected chi connectivity index (χ3v) is 8.54. The number of aliphatic hydroxyl groups excluding tert-OH is 1. The Hall–Kier alpha value is -3.89. The molecule has 2 heterocycles. The van der Waals surface area contributed by atoms with Crippen LogP contribution in [-0.4, -0.2) is 61.3 Å². The van der Waals surface area contributed by atoms with Gasteiger partial charge in [-0.25, -0.2) is 4.39 Å². The SMILES string of the molecule is Cc1cc(C)c(C(=O)N2CCN(c3ccccc3F)C(CO)C2)cc1CC1CCN(c2ccccc2C#N)CC1. The maximum absolute atomic E-state index is 14.5. The normalized spacial score (nSPS) is 18.1. The van der Waals surface area contributed by atoms with Gasteiger partial charge in [0, 0.05) is 38.3 Å². The Labute approximate surface area is 236 Å². The molecular formula is C33H37FN4O2. The molecule has 2 aliphatic heterocycles. The molecule has 1 amide bonds. The Morgan fingerprint density at radius 1 is 0.975 bits per heavy atom. The third-order valence-electron chi connectivity index (χ3n) is 8.54. The second-order valence-electron chi connectivity index (χ2n) is 11.1. The number of nitriles is 1. The minimum atomic E-state index is -0.365. The number of rotatable bonds is 6. The highest BCUT2D eigenvalue weighted by molar-refractivity contribution is 5.96. The molecule has 2 aliphatic rings. The fraction of sp³-hybridized carbons (Fsp3) is 0.394. The van der Waals surface area contributed by atoms with Crippen LogP contribution in [0.4, 0.5) is 15.8 Å². The molecular weight excluding hydrogens is 503 g/mol. The number of aryl methyl sites for hydroxylation is 2. The Morgan fingerprint density at radius 2 is 1.68 bits per heavy atom. The van der Waals surface area contributed by atoms with Gasteiger partial charge in [-0.2, -0.15) is 5.26 Å². The molecule has 2 fully saturated rings. The highest BCUT2D eigenvalue weighted by atomic mass is 19.1. The van der Waals surface area contributed by atoms with Crippen molar-refractivity contribution in [3.05, 3.63) is 94.3 Å². The monoisotopic (exact) mass is 540 g/mol. The number of piperazine rings is 1. The lowest BCUT2D eigenvalue weighted by molar-refractivity contribution is 0.0698. The number of nitrogens with zero attached hydrogens (tertiary/aromatic N) is 4. The molecule has 1 N–H and O–H groups in total. The fourth-order valence-corrected chi connectivity index (χ4v) is 6.25. The lowest BCUT2D eigenvalue weighted by atomic mass is 9.86. The van der Waals surface area contributed by atoms with Crippen LogP contribution in [0.3, 0.4) is 0 Å². The number of hydrogen-bond donors (Lipinski definition) is 1. The van der Waals surface area contributed by atoms with Gasteiger partial charge in [-0.05, 0) is 86.1 Å². The van der Waals surface area contributed by atoms with E-state index in [1.807, 2.05) is 36.1 Å². The fourth-order valence-electron chi connectivity index (χ4n) is 6.25. The van der Waals surface area contributed by atoms with E-state index >= 15 is 0 Å². The maximum atomic E-state index is 14.5. The van der Waals surface area contributed by atoms with Gasteiger partial charge in [0.2, 0.25) is 0 Å². The number of hydrogen-bond acceptors (Lipinski definition) is 5. The summed E-state index contributed by atoms with van der Waals surface area (Å²) in [6, 6.07) is 20.5. The number of benzene rings is 3. The van der Waals surface area contributed by atoms with Gasteiger partial charge in [0.05, 0.1) is 29.6 Å². The smallest absolute Gasteiger partial charge is 0.254 e. The summed E-state index contributed by atoms with van der Waals surface area (Å²) in [5, 5.41) is 19.6. The standard InChI is InChI=1S/C33H37FN4O2/c1-23-17-24(2)29(33(40)37-15-16-38(28(21-37)22-39)32-10-6-4-8-30(32)34)19-27(23)18-25-11-13-36(14-12-25)31-9-5-3-7-26(31)20-35/h3-10,17,19,25,28,39H,11-16,18,21-22H2,1-2H3. The van der Waals surface area contributed by atoms with Crippen LogP contribution in [0, 0.1) is 36.9 Å². The molecule has 5 rings (SSSR count). The topological polar surface area (TPSA) is 70.8 Å². The van der Waals surface area contributed by atoms with Crippen LogP contribution in [0.15, 0.2) is 60.7 Å². The van der Waals surface area contributed by atoms with Gasteiger partial charge in [0.1, 0.15) is 11.9 Å². The summed E-state index contributed by atoms with van der Waals surface area (Å²) in [5.74, 6) is 0.158. The molecule has 0 aromatic heterocycles. The summed E-state index contributed by atoms with van der Waals surface area (Å²) in [6.45, 7) is 7.03. The summed E-state index contributed by atoms with van der Waals surface area (Å²) in [4.78, 5) is 19.7. The molecule has 1 unspecified atom stereocenters. The van der Waals surface area contributed by atoms with E-state index in [9.17, 15) is 19.6 Å². The summed E-state index contributed by atoms with van der Waals surface area (Å²) in [6.07, 6.45) is 2.99. The highest BCUT2D eigenvalue weighted by Crippen LogP contribution is 2.30. The van der Waals surface area contributed by atoms with E-state index in [2.05, 4.69) is 30.0 Å². The lowest BCUT2D eigenvalue weighted by Crippen LogP contribution is -2.56. The number of para-hydroxylation sites is 2. The molecule has 0 aliphatic carbocycles. The van der Waals surface area contributed by atoms with Crippen LogP contribution in [0.1, 0.15) is 45.5 Å². The minimum absolute atomic E-state index is 0.0340. The number of carbonyl (C=O) groups is 1. The molecule has 6 nitrogen and oxygen atoms in total. The first kappa shape index (κ1) is 27.7. The van der Waals surface area contributed by atoms with Gasteiger partial charge in [-0.1, -0.05) is 30.3 Å². The van der Waals surface area contributed by atoms with E-state index < -0.39 is 0 Å². The number of piperidine rings is 1. The van der Waals surface area contributed by atoms with Crippen LogP contribution in [-0.2, 0) is 6.42 Å². The predicted octanol–water partition coefficient (Wildman–Crippen LogP) is 5.10. The first-order chi connectivity index (χ1) is 19.4. The van der Waals surface area contributed by atoms with E-state index in [0.29, 0.717) is 36.8 Å². The molecule has 1 atom stereocenters. The zero-order valence-electron chi connectivity index (χ0n) is 23.3. The molecule has 40 heavy (non-hydrogen) atoms. The van der Waals surface area contributed by atoms with Crippen molar-refractivity contribution in [2.75, 3.05) is 49.1 Å². The molecule has 0 bridgehead atoms. The molecule has 7 heteroatoms. The van der Waals surface area contributed by atoms with E-state index in [4.69, 9.17) is 0 Å². The Balaban J connectivity index is 1.26. The van der Waals surface area contributed by atoms with Crippen molar-refractivity contribution in [1.29, 1.82) is 5.26 Å². The Bertz CT molecular complexity index is 1410.